The van der Waals surface area contributed by atoms with Crippen LogP contribution in [0.25, 0.3) is 0 Å². The Kier molecular flexibility index (Phi) is 5.71. The van der Waals surface area contributed by atoms with Crippen LogP contribution < -0.4 is 14.2 Å². The van der Waals surface area contributed by atoms with Crippen LogP contribution in [-0.2, 0) is 5.41 Å². The number of fused-ring (bicyclic) bond motifs is 3. The number of nitrogens with zero attached hydrogens (tertiary/aromatic N) is 2. The van der Waals surface area contributed by atoms with E-state index in [0.29, 0.717) is 31.1 Å². The van der Waals surface area contributed by atoms with Gasteiger partial charge < -0.3 is 19.3 Å². The van der Waals surface area contributed by atoms with Crippen molar-refractivity contribution in [1.82, 2.24) is 4.90 Å². The monoisotopic (exact) mass is 434 g/mol. The third-order valence-electron chi connectivity index (χ3n) is 7.22. The van der Waals surface area contributed by atoms with E-state index in [9.17, 15) is 5.11 Å². The van der Waals surface area contributed by atoms with Gasteiger partial charge in [-0.1, -0.05) is 12.8 Å². The Balaban J connectivity index is 1.33. The van der Waals surface area contributed by atoms with Gasteiger partial charge in [-0.3, -0.25) is 4.90 Å². The molecule has 2 aromatic rings. The van der Waals surface area contributed by atoms with E-state index in [4.69, 9.17) is 19.5 Å². The van der Waals surface area contributed by atoms with Crippen molar-refractivity contribution in [1.29, 1.82) is 5.26 Å². The third kappa shape index (κ3) is 3.92. The molecule has 0 bridgehead atoms. The summed E-state index contributed by atoms with van der Waals surface area (Å²) in [5, 5.41) is 19.7. The van der Waals surface area contributed by atoms with Gasteiger partial charge in [0.05, 0.1) is 11.6 Å². The van der Waals surface area contributed by atoms with Gasteiger partial charge in [-0.05, 0) is 67.3 Å². The minimum absolute atomic E-state index is 0.116. The molecule has 0 radical (unpaired) electrons. The molecule has 5 rings (SSSR count). The maximum atomic E-state index is 10.8. The summed E-state index contributed by atoms with van der Waals surface area (Å²) in [7, 11) is 0. The summed E-state index contributed by atoms with van der Waals surface area (Å²) in [6, 6.07) is 13.7. The van der Waals surface area contributed by atoms with Crippen molar-refractivity contribution in [2.24, 2.45) is 0 Å². The predicted molar refractivity (Wildman–Crippen MR) is 120 cm³/mol. The second-order valence-corrected chi connectivity index (χ2v) is 9.28. The molecule has 1 aliphatic carbocycles. The topological polar surface area (TPSA) is 75.0 Å². The third-order valence-corrected chi connectivity index (χ3v) is 7.22. The fraction of sp³-hybridized carbons (Fsp3) is 0.500. The Hall–Kier alpha value is -2.75. The molecule has 2 aromatic carbocycles. The number of aliphatic hydroxyl groups excluding tert-OH is 1. The van der Waals surface area contributed by atoms with Gasteiger partial charge in [0, 0.05) is 24.5 Å². The summed E-state index contributed by atoms with van der Waals surface area (Å²) in [5.41, 5.74) is 3.41. The van der Waals surface area contributed by atoms with Gasteiger partial charge >= 0.3 is 0 Å². The maximum absolute atomic E-state index is 10.8. The number of ether oxygens (including phenoxy) is 3. The molecule has 3 aliphatic rings. The van der Waals surface area contributed by atoms with E-state index in [-0.39, 0.29) is 18.1 Å². The Morgan fingerprint density at radius 1 is 1.16 bits per heavy atom. The van der Waals surface area contributed by atoms with E-state index in [2.05, 4.69) is 30.0 Å². The molecule has 1 saturated carbocycles. The molecule has 6 heteroatoms. The Bertz CT molecular complexity index is 1010. The van der Waals surface area contributed by atoms with Gasteiger partial charge in [0.2, 0.25) is 0 Å². The Morgan fingerprint density at radius 3 is 2.53 bits per heavy atom. The Morgan fingerprint density at radius 2 is 1.84 bits per heavy atom. The fourth-order valence-corrected chi connectivity index (χ4v) is 5.56. The van der Waals surface area contributed by atoms with Gasteiger partial charge in [-0.2, -0.15) is 5.26 Å². The van der Waals surface area contributed by atoms with Crippen LogP contribution in [0, 0.1) is 11.3 Å². The number of nitriles is 1. The number of hydrogen-bond acceptors (Lipinski definition) is 6. The number of hydrogen-bond donors (Lipinski definition) is 1. The lowest BCUT2D eigenvalue weighted by Crippen LogP contribution is -2.49. The first-order chi connectivity index (χ1) is 15.6. The van der Waals surface area contributed by atoms with Gasteiger partial charge in [-0.15, -0.1) is 0 Å². The maximum Gasteiger partial charge on any atom is 0.161 e. The fourth-order valence-electron chi connectivity index (χ4n) is 5.56. The van der Waals surface area contributed by atoms with Crippen molar-refractivity contribution in [3.8, 4) is 23.3 Å². The minimum Gasteiger partial charge on any atom is -0.491 e. The molecule has 0 aromatic heterocycles. The zero-order valence-corrected chi connectivity index (χ0v) is 18.5. The first-order valence-corrected chi connectivity index (χ1v) is 11.6. The van der Waals surface area contributed by atoms with Crippen LogP contribution in [-0.4, -0.2) is 49.0 Å². The summed E-state index contributed by atoms with van der Waals surface area (Å²) < 4.78 is 17.6. The zero-order valence-electron chi connectivity index (χ0n) is 18.5. The molecule has 0 unspecified atom stereocenters. The van der Waals surface area contributed by atoms with E-state index in [1.54, 1.807) is 24.3 Å². The van der Waals surface area contributed by atoms with Gasteiger partial charge in [0.25, 0.3) is 0 Å². The molecule has 1 fully saturated rings. The summed E-state index contributed by atoms with van der Waals surface area (Å²) >= 11 is 0. The average molecular weight is 435 g/mol. The van der Waals surface area contributed by atoms with Crippen LogP contribution in [0.1, 0.15) is 55.3 Å². The highest BCUT2D eigenvalue weighted by atomic mass is 16.6. The molecule has 2 heterocycles. The first kappa shape index (κ1) is 21.1. The standard InChI is InChI=1S/C26H30N2O4/c1-18-22-12-24-25(31-11-10-30-24)13-23(22)26(8-2-3-9-26)17-28(18)15-20(29)16-32-21-6-4-19(14-27)5-7-21/h4-7,12-13,18,20,29H,2-3,8-11,15-17H2,1H3/t18-,20-/m1/s1. The Labute approximate surface area is 189 Å². The molecule has 32 heavy (non-hydrogen) atoms. The van der Waals surface area contributed by atoms with Crippen LogP contribution in [0.4, 0.5) is 0 Å². The molecule has 1 spiro atoms. The summed E-state index contributed by atoms with van der Waals surface area (Å²) in [4.78, 5) is 2.40. The van der Waals surface area contributed by atoms with Crippen LogP contribution in [0.3, 0.4) is 0 Å². The number of β-amino-alcohol motifs (C(OH)–C–C–N with tert-alkyl or cyclic N) is 1. The van der Waals surface area contributed by atoms with E-state index in [1.807, 2.05) is 0 Å². The van der Waals surface area contributed by atoms with Crippen LogP contribution in [0.5, 0.6) is 17.2 Å². The van der Waals surface area contributed by atoms with Gasteiger partial charge in [-0.25, -0.2) is 0 Å². The molecule has 1 N–H and O–H groups in total. The zero-order chi connectivity index (χ0) is 22.1. The van der Waals surface area contributed by atoms with E-state index in [0.717, 1.165) is 18.0 Å². The van der Waals surface area contributed by atoms with Gasteiger partial charge in [0.1, 0.15) is 31.7 Å². The lowest BCUT2D eigenvalue weighted by atomic mass is 9.71. The molecular formula is C26H30N2O4. The molecule has 2 atom stereocenters. The van der Waals surface area contributed by atoms with E-state index in [1.165, 1.54) is 36.8 Å². The number of aliphatic hydroxyl groups is 1. The highest BCUT2D eigenvalue weighted by Crippen LogP contribution is 2.51. The van der Waals surface area contributed by atoms with Crippen molar-refractivity contribution in [3.05, 3.63) is 53.1 Å². The van der Waals surface area contributed by atoms with E-state index >= 15 is 0 Å². The molecule has 0 amide bonds. The van der Waals surface area contributed by atoms with Crippen molar-refractivity contribution < 1.29 is 19.3 Å². The van der Waals surface area contributed by atoms with Gasteiger partial charge in [0.15, 0.2) is 11.5 Å². The largest absolute Gasteiger partial charge is 0.491 e. The first-order valence-electron chi connectivity index (χ1n) is 11.6. The van der Waals surface area contributed by atoms with Crippen LogP contribution in [0.2, 0.25) is 0 Å². The second kappa shape index (κ2) is 8.65. The molecule has 168 valence electrons. The number of rotatable bonds is 5. The average Bonchev–Trinajstić information content (AvgIpc) is 3.29. The number of benzene rings is 2. The highest BCUT2D eigenvalue weighted by molar-refractivity contribution is 5.53. The molecule has 0 saturated heterocycles. The normalized spacial score (nSPS) is 22.2. The second-order valence-electron chi connectivity index (χ2n) is 9.28. The van der Waals surface area contributed by atoms with Crippen molar-refractivity contribution >= 4 is 0 Å². The highest BCUT2D eigenvalue weighted by Gasteiger charge is 2.45. The molecular weight excluding hydrogens is 404 g/mol. The van der Waals surface area contributed by atoms with Crippen LogP contribution >= 0.6 is 0 Å². The minimum atomic E-state index is -0.606. The summed E-state index contributed by atoms with van der Waals surface area (Å²) in [6.07, 6.45) is 4.20. The summed E-state index contributed by atoms with van der Waals surface area (Å²) in [5.74, 6) is 2.37. The van der Waals surface area contributed by atoms with Crippen molar-refractivity contribution in [3.63, 3.8) is 0 Å². The SMILES string of the molecule is C[C@@H]1c2cc3c(cc2C2(CCCC2)CN1C[C@@H](O)COc1ccc(C#N)cc1)OCCO3. The smallest absolute Gasteiger partial charge is 0.161 e. The van der Waals surface area contributed by atoms with Crippen molar-refractivity contribution in [2.75, 3.05) is 32.9 Å². The summed E-state index contributed by atoms with van der Waals surface area (Å²) in [6.45, 7) is 5.11. The quantitative estimate of drug-likeness (QED) is 0.768. The van der Waals surface area contributed by atoms with E-state index < -0.39 is 6.10 Å². The molecule has 2 aliphatic heterocycles. The molecule has 6 nitrogen and oxygen atoms in total. The van der Waals surface area contributed by atoms with Crippen LogP contribution in [0.15, 0.2) is 36.4 Å². The lowest BCUT2D eigenvalue weighted by molar-refractivity contribution is 0.0364. The van der Waals surface area contributed by atoms with Crippen molar-refractivity contribution in [2.45, 2.75) is 50.2 Å². The predicted octanol–water partition coefficient (Wildman–Crippen LogP) is 3.96. The lowest BCUT2D eigenvalue weighted by Gasteiger charge is -2.47.